The molecule has 1 aromatic carbocycles. The molecule has 23 heavy (non-hydrogen) atoms. The van der Waals surface area contributed by atoms with Crippen LogP contribution in [0.1, 0.15) is 20.8 Å². The smallest absolute Gasteiger partial charge is 0.323 e. The van der Waals surface area contributed by atoms with Crippen molar-refractivity contribution in [2.24, 2.45) is 0 Å². The van der Waals surface area contributed by atoms with Crippen molar-refractivity contribution in [2.45, 2.75) is 39.0 Å². The fourth-order valence-corrected chi connectivity index (χ4v) is 3.06. The number of hydrogen-bond acceptors (Lipinski definition) is 4. The minimum absolute atomic E-state index is 0.0662. The SMILES string of the molecule is C[C@@H]1CN([C@H](C)C(=O)Nc2ccc3[nH]c(=O)[nH]c3c2)C[C@H](C)O1. The second-order valence-corrected chi connectivity index (χ2v) is 6.22. The molecule has 1 fully saturated rings. The van der Waals surface area contributed by atoms with Crippen LogP contribution in [-0.2, 0) is 9.53 Å². The van der Waals surface area contributed by atoms with Crippen molar-refractivity contribution < 1.29 is 9.53 Å². The Hall–Kier alpha value is -2.12. The first-order chi connectivity index (χ1) is 10.9. The van der Waals surface area contributed by atoms with Gasteiger partial charge in [0.15, 0.2) is 0 Å². The molecule has 2 aromatic rings. The topological polar surface area (TPSA) is 90.2 Å². The summed E-state index contributed by atoms with van der Waals surface area (Å²) in [4.78, 5) is 31.3. The number of ether oxygens (including phenoxy) is 1. The first kappa shape index (κ1) is 15.8. The van der Waals surface area contributed by atoms with Crippen LogP contribution in [0, 0.1) is 0 Å². The van der Waals surface area contributed by atoms with E-state index in [1.54, 1.807) is 18.2 Å². The zero-order valence-electron chi connectivity index (χ0n) is 13.6. The van der Waals surface area contributed by atoms with Crippen molar-refractivity contribution in [3.05, 3.63) is 28.7 Å². The predicted octanol–water partition coefficient (Wildman–Crippen LogP) is 1.29. The molecule has 7 nitrogen and oxygen atoms in total. The van der Waals surface area contributed by atoms with E-state index in [9.17, 15) is 9.59 Å². The predicted molar refractivity (Wildman–Crippen MR) is 88.6 cm³/mol. The van der Waals surface area contributed by atoms with E-state index in [1.165, 1.54) is 0 Å². The lowest BCUT2D eigenvalue weighted by Gasteiger charge is -2.38. The van der Waals surface area contributed by atoms with Crippen LogP contribution >= 0.6 is 0 Å². The molecule has 0 saturated carbocycles. The fraction of sp³-hybridized carbons (Fsp3) is 0.500. The summed E-state index contributed by atoms with van der Waals surface area (Å²) in [6.45, 7) is 7.41. The van der Waals surface area contributed by atoms with Crippen LogP contribution in [0.25, 0.3) is 11.0 Å². The number of nitrogens with zero attached hydrogens (tertiary/aromatic N) is 1. The van der Waals surface area contributed by atoms with Crippen LogP contribution in [0.5, 0.6) is 0 Å². The summed E-state index contributed by atoms with van der Waals surface area (Å²) in [6.07, 6.45) is 0.241. The van der Waals surface area contributed by atoms with Gasteiger partial charge in [0.2, 0.25) is 5.91 Å². The molecular weight excluding hydrogens is 296 g/mol. The number of carbonyl (C=O) groups is 1. The maximum atomic E-state index is 12.5. The van der Waals surface area contributed by atoms with Gasteiger partial charge in [-0.15, -0.1) is 0 Å². The number of anilines is 1. The molecule has 0 aliphatic carbocycles. The number of rotatable bonds is 3. The average molecular weight is 318 g/mol. The number of hydrogen-bond donors (Lipinski definition) is 3. The molecule has 124 valence electrons. The number of H-pyrrole nitrogens is 2. The third-order valence-corrected chi connectivity index (χ3v) is 4.16. The van der Waals surface area contributed by atoms with E-state index in [-0.39, 0.29) is 29.8 Å². The summed E-state index contributed by atoms with van der Waals surface area (Å²) < 4.78 is 5.70. The number of carbonyl (C=O) groups excluding carboxylic acids is 1. The van der Waals surface area contributed by atoms with E-state index < -0.39 is 0 Å². The van der Waals surface area contributed by atoms with Gasteiger partial charge in [0.1, 0.15) is 0 Å². The monoisotopic (exact) mass is 318 g/mol. The molecule has 0 spiro atoms. The van der Waals surface area contributed by atoms with Gasteiger partial charge in [-0.2, -0.15) is 0 Å². The van der Waals surface area contributed by atoms with Gasteiger partial charge in [0.05, 0.1) is 29.3 Å². The van der Waals surface area contributed by atoms with Gasteiger partial charge in [0.25, 0.3) is 0 Å². The molecule has 3 atom stereocenters. The summed E-state index contributed by atoms with van der Waals surface area (Å²) in [6, 6.07) is 5.06. The van der Waals surface area contributed by atoms with E-state index in [1.807, 2.05) is 20.8 Å². The number of imidazole rings is 1. The molecule has 7 heteroatoms. The van der Waals surface area contributed by atoms with Gasteiger partial charge < -0.3 is 20.0 Å². The highest BCUT2D eigenvalue weighted by molar-refractivity contribution is 5.96. The normalized spacial score (nSPS) is 23.8. The van der Waals surface area contributed by atoms with Gasteiger partial charge in [-0.3, -0.25) is 9.69 Å². The molecule has 1 amide bonds. The van der Waals surface area contributed by atoms with Gasteiger partial charge >= 0.3 is 5.69 Å². The third kappa shape index (κ3) is 3.46. The van der Waals surface area contributed by atoms with Crippen molar-refractivity contribution in [3.63, 3.8) is 0 Å². The number of nitrogens with one attached hydrogen (secondary N) is 3. The van der Waals surface area contributed by atoms with E-state index in [2.05, 4.69) is 20.2 Å². The standard InChI is InChI=1S/C16H22N4O3/c1-9-7-20(8-10(2)23-9)11(3)15(21)17-12-4-5-13-14(6-12)19-16(22)18-13/h4-6,9-11H,7-8H2,1-3H3,(H,17,21)(H2,18,19,22)/t9-,10+,11-/m1/s1. The van der Waals surface area contributed by atoms with Crippen LogP contribution in [-0.4, -0.2) is 52.1 Å². The number of amides is 1. The van der Waals surface area contributed by atoms with Gasteiger partial charge in [-0.05, 0) is 39.0 Å². The average Bonchev–Trinajstić information content (AvgIpc) is 2.84. The zero-order valence-corrected chi connectivity index (χ0v) is 13.6. The largest absolute Gasteiger partial charge is 0.373 e. The summed E-state index contributed by atoms with van der Waals surface area (Å²) in [5, 5.41) is 2.91. The van der Waals surface area contributed by atoms with Gasteiger partial charge in [-0.25, -0.2) is 4.79 Å². The van der Waals surface area contributed by atoms with Crippen LogP contribution in [0.2, 0.25) is 0 Å². The molecule has 0 bridgehead atoms. The summed E-state index contributed by atoms with van der Waals surface area (Å²) in [5.41, 5.74) is 1.80. The van der Waals surface area contributed by atoms with Crippen molar-refractivity contribution in [1.29, 1.82) is 0 Å². The number of aromatic nitrogens is 2. The minimum Gasteiger partial charge on any atom is -0.373 e. The first-order valence-electron chi connectivity index (χ1n) is 7.85. The number of fused-ring (bicyclic) bond motifs is 1. The lowest BCUT2D eigenvalue weighted by Crippen LogP contribution is -2.52. The second-order valence-electron chi connectivity index (χ2n) is 6.22. The Labute approximate surface area is 134 Å². The Morgan fingerprint density at radius 3 is 2.61 bits per heavy atom. The van der Waals surface area contributed by atoms with E-state index in [0.717, 1.165) is 18.6 Å². The molecule has 3 N–H and O–H groups in total. The molecule has 1 aliphatic rings. The molecule has 0 radical (unpaired) electrons. The van der Waals surface area contributed by atoms with E-state index >= 15 is 0 Å². The van der Waals surface area contributed by atoms with E-state index in [4.69, 9.17) is 4.74 Å². The second kappa shape index (κ2) is 6.17. The third-order valence-electron chi connectivity index (χ3n) is 4.16. The van der Waals surface area contributed by atoms with Crippen molar-refractivity contribution in [2.75, 3.05) is 18.4 Å². The Kier molecular flexibility index (Phi) is 4.23. The molecular formula is C16H22N4O3. The highest BCUT2D eigenvalue weighted by Gasteiger charge is 2.29. The lowest BCUT2D eigenvalue weighted by atomic mass is 10.1. The van der Waals surface area contributed by atoms with Gasteiger partial charge in [-0.1, -0.05) is 0 Å². The fourth-order valence-electron chi connectivity index (χ4n) is 3.06. The highest BCUT2D eigenvalue weighted by Crippen LogP contribution is 2.17. The quantitative estimate of drug-likeness (QED) is 0.795. The summed E-state index contributed by atoms with van der Waals surface area (Å²) in [5.74, 6) is -0.0662. The summed E-state index contributed by atoms with van der Waals surface area (Å²) in [7, 11) is 0. The molecule has 3 rings (SSSR count). The van der Waals surface area contributed by atoms with Crippen LogP contribution in [0.15, 0.2) is 23.0 Å². The van der Waals surface area contributed by atoms with Crippen LogP contribution in [0.4, 0.5) is 5.69 Å². The Morgan fingerprint density at radius 1 is 1.26 bits per heavy atom. The lowest BCUT2D eigenvalue weighted by molar-refractivity contribution is -0.126. The molecule has 1 saturated heterocycles. The van der Waals surface area contributed by atoms with Crippen LogP contribution < -0.4 is 11.0 Å². The van der Waals surface area contributed by atoms with Crippen molar-refractivity contribution in [3.8, 4) is 0 Å². The summed E-state index contributed by atoms with van der Waals surface area (Å²) >= 11 is 0. The molecule has 1 aliphatic heterocycles. The maximum Gasteiger partial charge on any atom is 0.323 e. The molecule has 0 unspecified atom stereocenters. The van der Waals surface area contributed by atoms with E-state index in [0.29, 0.717) is 11.2 Å². The zero-order chi connectivity index (χ0) is 16.6. The van der Waals surface area contributed by atoms with Crippen LogP contribution in [0.3, 0.4) is 0 Å². The number of morpholine rings is 1. The minimum atomic E-state index is -0.256. The Morgan fingerprint density at radius 2 is 1.91 bits per heavy atom. The molecule has 1 aromatic heterocycles. The first-order valence-corrected chi connectivity index (χ1v) is 7.85. The highest BCUT2D eigenvalue weighted by atomic mass is 16.5. The van der Waals surface area contributed by atoms with Crippen molar-refractivity contribution in [1.82, 2.24) is 14.9 Å². The number of benzene rings is 1. The Bertz CT molecular complexity index is 756. The van der Waals surface area contributed by atoms with Gasteiger partial charge in [0, 0.05) is 18.8 Å². The number of aromatic amines is 2. The maximum absolute atomic E-state index is 12.5. The van der Waals surface area contributed by atoms with Crippen molar-refractivity contribution >= 4 is 22.6 Å². The Balaban J connectivity index is 1.70. The molecule has 2 heterocycles.